The predicted octanol–water partition coefficient (Wildman–Crippen LogP) is 0.896. The molecule has 2 rings (SSSR count). The zero-order valence-electron chi connectivity index (χ0n) is 17.7. The summed E-state index contributed by atoms with van der Waals surface area (Å²) in [5, 5.41) is 13.5. The summed E-state index contributed by atoms with van der Waals surface area (Å²) < 4.78 is 10.5. The molecule has 1 amide bonds. The van der Waals surface area contributed by atoms with E-state index in [9.17, 15) is 14.7 Å². The average molecular weight is 446 g/mol. The maximum Gasteiger partial charge on any atom is 0.255 e. The van der Waals surface area contributed by atoms with Crippen molar-refractivity contribution in [2.75, 3.05) is 46.1 Å². The minimum atomic E-state index is -0.548. The summed E-state index contributed by atoms with van der Waals surface area (Å²) in [6.45, 7) is 4.05. The number of nitrogens with zero attached hydrogens (tertiary/aromatic N) is 1. The number of nitrogens with one attached hydrogen (secondary N) is 1. The number of nitrogens with two attached hydrogens (primary N) is 1. The van der Waals surface area contributed by atoms with Gasteiger partial charge in [-0.3, -0.25) is 4.79 Å². The third-order valence-corrected chi connectivity index (χ3v) is 5.52. The van der Waals surface area contributed by atoms with Crippen molar-refractivity contribution in [3.63, 3.8) is 0 Å². The van der Waals surface area contributed by atoms with E-state index in [1.54, 1.807) is 6.92 Å². The van der Waals surface area contributed by atoms with E-state index < -0.39 is 6.10 Å². The summed E-state index contributed by atoms with van der Waals surface area (Å²) in [4.78, 5) is 25.9. The van der Waals surface area contributed by atoms with Gasteiger partial charge in [0.2, 0.25) is 0 Å². The fraction of sp³-hybridized carbons (Fsp3) is 0.600. The van der Waals surface area contributed by atoms with Crippen LogP contribution in [0.25, 0.3) is 0 Å². The highest BCUT2D eigenvalue weighted by Crippen LogP contribution is 2.41. The maximum atomic E-state index is 12.7. The lowest BCUT2D eigenvalue weighted by molar-refractivity contribution is -0.117. The molecule has 10 heteroatoms. The van der Waals surface area contributed by atoms with Crippen molar-refractivity contribution >= 4 is 29.0 Å². The number of aliphatic hydroxyl groups is 1. The van der Waals surface area contributed by atoms with Gasteiger partial charge in [-0.05, 0) is 38.9 Å². The number of amides is 1. The lowest BCUT2D eigenvalue weighted by atomic mass is 9.93. The number of piperidine rings is 1. The molecule has 0 saturated carbocycles. The molecule has 2 atom stereocenters. The number of ketones is 1. The molecule has 1 aromatic rings. The normalized spacial score (nSPS) is 19.0. The van der Waals surface area contributed by atoms with Gasteiger partial charge >= 0.3 is 0 Å². The molecule has 1 aliphatic heterocycles. The van der Waals surface area contributed by atoms with Crippen LogP contribution in [-0.2, 0) is 4.79 Å². The Balaban J connectivity index is 0.00000450. The fourth-order valence-electron chi connectivity index (χ4n) is 3.55. The molecule has 0 aliphatic carbocycles. The summed E-state index contributed by atoms with van der Waals surface area (Å²) >= 11 is 6.11. The van der Waals surface area contributed by atoms with Gasteiger partial charge in [0, 0.05) is 25.4 Å². The molecule has 1 aliphatic rings. The Labute approximate surface area is 181 Å². The van der Waals surface area contributed by atoms with Crippen molar-refractivity contribution in [3.05, 3.63) is 16.7 Å². The summed E-state index contributed by atoms with van der Waals surface area (Å²) in [5.74, 6) is 0.174. The number of nitrogen functional groups attached to an aromatic ring is 1. The van der Waals surface area contributed by atoms with Gasteiger partial charge in [-0.2, -0.15) is 0 Å². The van der Waals surface area contributed by atoms with E-state index >= 15 is 0 Å². The maximum absolute atomic E-state index is 12.7. The van der Waals surface area contributed by atoms with Crippen molar-refractivity contribution < 1.29 is 29.6 Å². The van der Waals surface area contributed by atoms with Gasteiger partial charge in [-0.15, -0.1) is 0 Å². The summed E-state index contributed by atoms with van der Waals surface area (Å²) in [7, 11) is 2.85. The number of anilines is 1. The molecule has 1 aromatic carbocycles. The monoisotopic (exact) mass is 445 g/mol. The Morgan fingerprint density at radius 1 is 1.33 bits per heavy atom. The number of hydrogen-bond donors (Lipinski definition) is 3. The second kappa shape index (κ2) is 11.9. The Bertz CT molecular complexity index is 746. The third-order valence-electron chi connectivity index (χ3n) is 5.21. The first-order chi connectivity index (χ1) is 13.8. The number of carbonyl (C=O) groups is 2. The molecule has 0 aromatic heterocycles. The second-order valence-electron chi connectivity index (χ2n) is 7.32. The molecule has 9 nitrogen and oxygen atoms in total. The van der Waals surface area contributed by atoms with E-state index in [4.69, 9.17) is 26.8 Å². The van der Waals surface area contributed by atoms with Gasteiger partial charge in [0.05, 0.1) is 36.6 Å². The Hall–Kier alpha value is -2.07. The SMILES string of the molecule is COc1c(C(=O)NC[C@@H]2CCN(CCCC(C)=O)C[C@H]2O)cc(Cl)c(N)c1OC.O. The van der Waals surface area contributed by atoms with Crippen LogP contribution in [0.3, 0.4) is 0 Å². The number of halogens is 1. The number of aliphatic hydroxyl groups excluding tert-OH is 1. The molecule has 1 heterocycles. The first-order valence-corrected chi connectivity index (χ1v) is 10.0. The van der Waals surface area contributed by atoms with Crippen LogP contribution in [-0.4, -0.2) is 73.7 Å². The van der Waals surface area contributed by atoms with Gasteiger partial charge in [0.25, 0.3) is 5.91 Å². The average Bonchev–Trinajstić information content (AvgIpc) is 2.68. The highest BCUT2D eigenvalue weighted by Gasteiger charge is 2.29. The lowest BCUT2D eigenvalue weighted by Gasteiger charge is -2.36. The van der Waals surface area contributed by atoms with E-state index in [1.165, 1.54) is 20.3 Å². The van der Waals surface area contributed by atoms with E-state index in [1.807, 2.05) is 0 Å². The molecule has 6 N–H and O–H groups in total. The zero-order chi connectivity index (χ0) is 21.6. The molecule has 0 spiro atoms. The molecule has 1 fully saturated rings. The van der Waals surface area contributed by atoms with Crippen LogP contribution in [0.2, 0.25) is 5.02 Å². The van der Waals surface area contributed by atoms with Crippen molar-refractivity contribution in [2.24, 2.45) is 5.92 Å². The topological polar surface area (TPSA) is 146 Å². The molecule has 30 heavy (non-hydrogen) atoms. The molecular formula is C20H32ClN3O6. The minimum absolute atomic E-state index is 0. The third kappa shape index (κ3) is 6.46. The Morgan fingerprint density at radius 3 is 2.57 bits per heavy atom. The van der Waals surface area contributed by atoms with Crippen molar-refractivity contribution in [1.82, 2.24) is 10.2 Å². The first kappa shape index (κ1) is 26.0. The van der Waals surface area contributed by atoms with Gasteiger partial charge in [0.1, 0.15) is 5.78 Å². The fourth-order valence-corrected chi connectivity index (χ4v) is 3.75. The van der Waals surface area contributed by atoms with Crippen molar-refractivity contribution in [1.29, 1.82) is 0 Å². The van der Waals surface area contributed by atoms with E-state index in [2.05, 4.69) is 10.2 Å². The van der Waals surface area contributed by atoms with Gasteiger partial charge in [0.15, 0.2) is 11.5 Å². The minimum Gasteiger partial charge on any atom is -0.492 e. The molecular weight excluding hydrogens is 414 g/mol. The van der Waals surface area contributed by atoms with Crippen LogP contribution in [0.4, 0.5) is 5.69 Å². The van der Waals surface area contributed by atoms with Crippen LogP contribution < -0.4 is 20.5 Å². The number of hydrogen-bond acceptors (Lipinski definition) is 7. The highest BCUT2D eigenvalue weighted by molar-refractivity contribution is 6.34. The first-order valence-electron chi connectivity index (χ1n) is 9.66. The van der Waals surface area contributed by atoms with Crippen LogP contribution in [0.5, 0.6) is 11.5 Å². The van der Waals surface area contributed by atoms with E-state index in [0.717, 1.165) is 25.9 Å². The number of Topliss-reactive ketones (excluding diaryl/α,β-unsaturated/α-hetero) is 1. The zero-order valence-corrected chi connectivity index (χ0v) is 18.4. The van der Waals surface area contributed by atoms with Gasteiger partial charge < -0.3 is 40.8 Å². The Kier molecular flexibility index (Phi) is 10.3. The summed E-state index contributed by atoms with van der Waals surface area (Å²) in [6.07, 6.45) is 1.56. The standard InChI is InChI=1S/C20H30ClN3O5.H2O/c1-12(25)5-4-7-24-8-6-13(16(26)11-24)10-23-20(27)14-9-15(21)17(22)19(29-3)18(14)28-2;/h9,13,16,26H,4-8,10-11,22H2,1-3H3,(H,23,27);1H2/t13-,16+;/m0./s1. The number of β-amino-alcohol motifs (C(OH)–C–C–N with tert-alkyl or cyclic N) is 1. The summed E-state index contributed by atoms with van der Waals surface area (Å²) in [6, 6.07) is 1.45. The number of ether oxygens (including phenoxy) is 2. The largest absolute Gasteiger partial charge is 0.492 e. The molecule has 1 saturated heterocycles. The Morgan fingerprint density at radius 2 is 2.00 bits per heavy atom. The molecule has 0 unspecified atom stereocenters. The quantitative estimate of drug-likeness (QED) is 0.478. The summed E-state index contributed by atoms with van der Waals surface area (Å²) in [5.41, 5.74) is 6.31. The van der Waals surface area contributed by atoms with Crippen molar-refractivity contribution in [3.8, 4) is 11.5 Å². The number of benzene rings is 1. The van der Waals surface area contributed by atoms with Crippen LogP contribution in [0, 0.1) is 5.92 Å². The molecule has 0 bridgehead atoms. The second-order valence-corrected chi connectivity index (χ2v) is 7.73. The highest BCUT2D eigenvalue weighted by atomic mass is 35.5. The predicted molar refractivity (Wildman–Crippen MR) is 115 cm³/mol. The van der Waals surface area contributed by atoms with Crippen molar-refractivity contribution in [2.45, 2.75) is 32.3 Å². The molecule has 170 valence electrons. The van der Waals surface area contributed by atoms with Crippen LogP contribution >= 0.6 is 11.6 Å². The number of rotatable bonds is 9. The van der Waals surface area contributed by atoms with E-state index in [-0.39, 0.29) is 50.9 Å². The lowest BCUT2D eigenvalue weighted by Crippen LogP contribution is -2.47. The smallest absolute Gasteiger partial charge is 0.255 e. The van der Waals surface area contributed by atoms with Crippen LogP contribution in [0.15, 0.2) is 6.07 Å². The van der Waals surface area contributed by atoms with E-state index in [0.29, 0.717) is 19.5 Å². The number of carbonyl (C=O) groups excluding carboxylic acids is 2. The van der Waals surface area contributed by atoms with Gasteiger partial charge in [-0.25, -0.2) is 0 Å². The number of methoxy groups -OCH3 is 2. The van der Waals surface area contributed by atoms with Crippen LogP contribution in [0.1, 0.15) is 36.5 Å². The molecule has 0 radical (unpaired) electrons. The van der Waals surface area contributed by atoms with Gasteiger partial charge in [-0.1, -0.05) is 11.6 Å². The number of likely N-dealkylation sites (tertiary alicyclic amines) is 1.